The van der Waals surface area contributed by atoms with Gasteiger partial charge in [0, 0.05) is 19.7 Å². The number of aromatic nitrogens is 3. The number of pyridine rings is 1. The van der Waals surface area contributed by atoms with Gasteiger partial charge >= 0.3 is 0 Å². The molecule has 0 aromatic carbocycles. The van der Waals surface area contributed by atoms with Crippen LogP contribution in [0.4, 0.5) is 0 Å². The molecule has 18 heavy (non-hydrogen) atoms. The van der Waals surface area contributed by atoms with Crippen LogP contribution in [0.2, 0.25) is 5.15 Å². The molecule has 96 valence electrons. The van der Waals surface area contributed by atoms with E-state index in [4.69, 9.17) is 16.0 Å². The summed E-state index contributed by atoms with van der Waals surface area (Å²) < 4.78 is 5.42. The Morgan fingerprint density at radius 1 is 1.39 bits per heavy atom. The van der Waals surface area contributed by atoms with Gasteiger partial charge in [-0.2, -0.15) is 0 Å². The van der Waals surface area contributed by atoms with Crippen molar-refractivity contribution in [1.29, 1.82) is 0 Å². The van der Waals surface area contributed by atoms with E-state index in [0.29, 0.717) is 16.9 Å². The molecular weight excluding hydrogens is 252 g/mol. The average Bonchev–Trinajstić information content (AvgIpc) is 2.78. The van der Waals surface area contributed by atoms with Crippen LogP contribution in [0, 0.1) is 6.92 Å². The lowest BCUT2D eigenvalue weighted by Crippen LogP contribution is -2.22. The summed E-state index contributed by atoms with van der Waals surface area (Å²) in [4.78, 5) is 6.16. The second kappa shape index (κ2) is 5.46. The number of rotatable bonds is 4. The van der Waals surface area contributed by atoms with E-state index < -0.39 is 0 Å². The summed E-state index contributed by atoms with van der Waals surface area (Å²) in [6, 6.07) is 3.80. The van der Waals surface area contributed by atoms with Crippen molar-refractivity contribution < 1.29 is 4.42 Å². The molecule has 0 aliphatic carbocycles. The average molecular weight is 267 g/mol. The molecule has 0 aliphatic heterocycles. The van der Waals surface area contributed by atoms with Crippen molar-refractivity contribution in [1.82, 2.24) is 20.1 Å². The molecule has 0 N–H and O–H groups in total. The van der Waals surface area contributed by atoms with Gasteiger partial charge in [-0.1, -0.05) is 17.7 Å². The molecule has 2 rings (SSSR count). The van der Waals surface area contributed by atoms with Crippen molar-refractivity contribution >= 4 is 11.6 Å². The van der Waals surface area contributed by atoms with Crippen LogP contribution < -0.4 is 0 Å². The third-order valence-corrected chi connectivity index (χ3v) is 3.00. The molecule has 6 heteroatoms. The van der Waals surface area contributed by atoms with Crippen molar-refractivity contribution in [2.45, 2.75) is 26.4 Å². The van der Waals surface area contributed by atoms with Gasteiger partial charge in [-0.15, -0.1) is 10.2 Å². The van der Waals surface area contributed by atoms with Gasteiger partial charge in [-0.3, -0.25) is 4.90 Å². The summed E-state index contributed by atoms with van der Waals surface area (Å²) in [5.41, 5.74) is 1.09. The maximum absolute atomic E-state index is 5.75. The Bertz CT molecular complexity index is 511. The molecule has 1 atom stereocenters. The summed E-state index contributed by atoms with van der Waals surface area (Å²) >= 11 is 5.75. The summed E-state index contributed by atoms with van der Waals surface area (Å²) in [5, 5.41) is 8.36. The molecule has 0 saturated heterocycles. The minimum absolute atomic E-state index is 0.0573. The third-order valence-electron chi connectivity index (χ3n) is 2.78. The third kappa shape index (κ3) is 3.05. The first-order valence-electron chi connectivity index (χ1n) is 5.67. The van der Waals surface area contributed by atoms with Gasteiger partial charge in [0.15, 0.2) is 0 Å². The van der Waals surface area contributed by atoms with E-state index in [9.17, 15) is 0 Å². The molecule has 0 aliphatic rings. The minimum Gasteiger partial charge on any atom is -0.424 e. The second-order valence-corrected chi connectivity index (χ2v) is 4.63. The van der Waals surface area contributed by atoms with Gasteiger partial charge in [-0.05, 0) is 25.6 Å². The van der Waals surface area contributed by atoms with E-state index in [1.807, 2.05) is 20.0 Å². The highest BCUT2D eigenvalue weighted by Crippen LogP contribution is 2.19. The largest absolute Gasteiger partial charge is 0.424 e. The zero-order chi connectivity index (χ0) is 13.1. The first-order chi connectivity index (χ1) is 8.56. The van der Waals surface area contributed by atoms with Gasteiger partial charge in [0.05, 0.1) is 6.04 Å². The lowest BCUT2D eigenvalue weighted by atomic mass is 10.2. The highest BCUT2D eigenvalue weighted by atomic mass is 35.5. The predicted octanol–water partition coefficient (Wildman–Crippen LogP) is 2.62. The fourth-order valence-corrected chi connectivity index (χ4v) is 1.71. The SMILES string of the molecule is Cc1nnc(C(C)N(C)Cc2ccc(Cl)nc2)o1. The molecule has 2 aromatic rings. The van der Waals surface area contributed by atoms with Crippen molar-refractivity contribution in [3.63, 3.8) is 0 Å². The van der Waals surface area contributed by atoms with Crippen LogP contribution in [0.5, 0.6) is 0 Å². The summed E-state index contributed by atoms with van der Waals surface area (Å²) in [7, 11) is 2.00. The fourth-order valence-electron chi connectivity index (χ4n) is 1.59. The molecule has 1 unspecified atom stereocenters. The standard InChI is InChI=1S/C12H15ClN4O/c1-8(12-16-15-9(2)18-12)17(3)7-10-4-5-11(13)14-6-10/h4-6,8H,7H2,1-3H3. The van der Waals surface area contributed by atoms with Gasteiger partial charge in [0.1, 0.15) is 5.15 Å². The number of nitrogens with zero attached hydrogens (tertiary/aromatic N) is 4. The number of hydrogen-bond acceptors (Lipinski definition) is 5. The van der Waals surface area contributed by atoms with E-state index in [-0.39, 0.29) is 6.04 Å². The van der Waals surface area contributed by atoms with E-state index >= 15 is 0 Å². The van der Waals surface area contributed by atoms with Gasteiger partial charge in [0.2, 0.25) is 11.8 Å². The van der Waals surface area contributed by atoms with E-state index in [1.165, 1.54) is 0 Å². The highest BCUT2D eigenvalue weighted by Gasteiger charge is 2.17. The molecule has 5 nitrogen and oxygen atoms in total. The summed E-state index contributed by atoms with van der Waals surface area (Å²) in [5.74, 6) is 1.20. The summed E-state index contributed by atoms with van der Waals surface area (Å²) in [6.07, 6.45) is 1.77. The van der Waals surface area contributed by atoms with Crippen molar-refractivity contribution in [2.75, 3.05) is 7.05 Å². The zero-order valence-corrected chi connectivity index (χ0v) is 11.3. The van der Waals surface area contributed by atoms with Crippen LogP contribution in [0.1, 0.15) is 30.3 Å². The van der Waals surface area contributed by atoms with E-state index in [2.05, 4.69) is 20.1 Å². The van der Waals surface area contributed by atoms with Gasteiger partial charge < -0.3 is 4.42 Å². The lowest BCUT2D eigenvalue weighted by molar-refractivity contribution is 0.215. The molecular formula is C12H15ClN4O. The molecule has 0 amide bonds. The monoisotopic (exact) mass is 266 g/mol. The van der Waals surface area contributed by atoms with Crippen molar-refractivity contribution in [2.24, 2.45) is 0 Å². The summed E-state index contributed by atoms with van der Waals surface area (Å²) in [6.45, 7) is 4.55. The quantitative estimate of drug-likeness (QED) is 0.796. The van der Waals surface area contributed by atoms with Gasteiger partial charge in [-0.25, -0.2) is 4.98 Å². The van der Waals surface area contributed by atoms with E-state index in [0.717, 1.165) is 12.1 Å². The Hall–Kier alpha value is -1.46. The molecule has 2 heterocycles. The van der Waals surface area contributed by atoms with E-state index in [1.54, 1.807) is 19.2 Å². The highest BCUT2D eigenvalue weighted by molar-refractivity contribution is 6.29. The van der Waals surface area contributed by atoms with Crippen LogP contribution in [0.15, 0.2) is 22.7 Å². The Kier molecular flexibility index (Phi) is 3.93. The van der Waals surface area contributed by atoms with Gasteiger partial charge in [0.25, 0.3) is 0 Å². The fraction of sp³-hybridized carbons (Fsp3) is 0.417. The first-order valence-corrected chi connectivity index (χ1v) is 6.04. The maximum Gasteiger partial charge on any atom is 0.233 e. The van der Waals surface area contributed by atoms with Crippen LogP contribution in [0.3, 0.4) is 0 Å². The number of halogens is 1. The van der Waals surface area contributed by atoms with Crippen LogP contribution in [-0.2, 0) is 6.54 Å². The van der Waals surface area contributed by atoms with Crippen LogP contribution in [0.25, 0.3) is 0 Å². The first kappa shape index (κ1) is 13.0. The predicted molar refractivity (Wildman–Crippen MR) is 68.2 cm³/mol. The van der Waals surface area contributed by atoms with Crippen LogP contribution >= 0.6 is 11.6 Å². The topological polar surface area (TPSA) is 55.1 Å². The molecule has 2 aromatic heterocycles. The molecule has 0 radical (unpaired) electrons. The second-order valence-electron chi connectivity index (χ2n) is 4.24. The molecule has 0 spiro atoms. The smallest absolute Gasteiger partial charge is 0.233 e. The molecule has 0 bridgehead atoms. The Morgan fingerprint density at radius 2 is 2.17 bits per heavy atom. The van der Waals surface area contributed by atoms with Crippen LogP contribution in [-0.4, -0.2) is 27.1 Å². The zero-order valence-electron chi connectivity index (χ0n) is 10.6. The Labute approximate surface area is 111 Å². The molecule has 0 fully saturated rings. The number of hydrogen-bond donors (Lipinski definition) is 0. The maximum atomic E-state index is 5.75. The Balaban J connectivity index is 2.03. The molecule has 0 saturated carbocycles. The van der Waals surface area contributed by atoms with Crippen molar-refractivity contribution in [3.05, 3.63) is 40.8 Å². The van der Waals surface area contributed by atoms with Crippen molar-refractivity contribution in [3.8, 4) is 0 Å². The minimum atomic E-state index is 0.0573. The normalized spacial score (nSPS) is 12.9. The number of aryl methyl sites for hydroxylation is 1. The Morgan fingerprint density at radius 3 is 2.72 bits per heavy atom. The lowest BCUT2D eigenvalue weighted by Gasteiger charge is -2.21.